The minimum absolute atomic E-state index is 0.497. The normalized spacial score (nSPS) is 12.5. The molecule has 1 aromatic carbocycles. The first kappa shape index (κ1) is 12.0. The molecule has 1 aromatic rings. The minimum Gasteiger partial charge on any atom is -0.493 e. The van der Waals surface area contributed by atoms with Crippen molar-refractivity contribution in [3.8, 4) is 5.75 Å². The van der Waals surface area contributed by atoms with E-state index in [4.69, 9.17) is 9.47 Å². The van der Waals surface area contributed by atoms with Crippen LogP contribution < -0.4 is 4.74 Å². The van der Waals surface area contributed by atoms with Crippen molar-refractivity contribution < 1.29 is 14.6 Å². The maximum Gasteiger partial charge on any atom is 0.125 e. The fourth-order valence-electron chi connectivity index (χ4n) is 1.34. The molecule has 0 bridgehead atoms. The van der Waals surface area contributed by atoms with E-state index in [0.29, 0.717) is 13.2 Å². The molecule has 0 fully saturated rings. The zero-order chi connectivity index (χ0) is 11.1. The van der Waals surface area contributed by atoms with Crippen LogP contribution in [0.25, 0.3) is 0 Å². The van der Waals surface area contributed by atoms with Crippen LogP contribution in [0.4, 0.5) is 0 Å². The zero-order valence-corrected chi connectivity index (χ0v) is 9.27. The van der Waals surface area contributed by atoms with Gasteiger partial charge in [-0.15, -0.1) is 0 Å². The van der Waals surface area contributed by atoms with Gasteiger partial charge in [-0.25, -0.2) is 0 Å². The fraction of sp³-hybridized carbons (Fsp3) is 0.500. The molecule has 1 atom stereocenters. The topological polar surface area (TPSA) is 38.7 Å². The van der Waals surface area contributed by atoms with E-state index in [1.165, 1.54) is 0 Å². The summed E-state index contributed by atoms with van der Waals surface area (Å²) in [7, 11) is 1.67. The molecule has 1 N–H and O–H groups in total. The minimum atomic E-state index is -0.497. The third kappa shape index (κ3) is 3.90. The number of hydrogen-bond acceptors (Lipinski definition) is 3. The van der Waals surface area contributed by atoms with Crippen molar-refractivity contribution in [2.75, 3.05) is 20.3 Å². The van der Waals surface area contributed by atoms with Crippen molar-refractivity contribution >= 4 is 0 Å². The van der Waals surface area contributed by atoms with Crippen molar-refractivity contribution in [3.63, 3.8) is 0 Å². The number of hydrogen-bond donors (Lipinski definition) is 1. The van der Waals surface area contributed by atoms with Crippen LogP contribution in [0.1, 0.15) is 25.0 Å². The molecule has 1 rings (SSSR count). The van der Waals surface area contributed by atoms with Crippen molar-refractivity contribution in [3.05, 3.63) is 29.8 Å². The van der Waals surface area contributed by atoms with Gasteiger partial charge in [-0.2, -0.15) is 0 Å². The van der Waals surface area contributed by atoms with Crippen LogP contribution in [0, 0.1) is 0 Å². The summed E-state index contributed by atoms with van der Waals surface area (Å²) in [4.78, 5) is 0. The lowest BCUT2D eigenvalue weighted by Gasteiger charge is -2.12. The summed E-state index contributed by atoms with van der Waals surface area (Å²) >= 11 is 0. The molecule has 0 radical (unpaired) electrons. The second-order valence-electron chi connectivity index (χ2n) is 3.41. The highest BCUT2D eigenvalue weighted by molar-refractivity contribution is 5.34. The molecule has 0 unspecified atom stereocenters. The summed E-state index contributed by atoms with van der Waals surface area (Å²) < 4.78 is 10.5. The van der Waals surface area contributed by atoms with Gasteiger partial charge < -0.3 is 14.6 Å². The Labute approximate surface area is 90.6 Å². The average molecular weight is 210 g/mol. The largest absolute Gasteiger partial charge is 0.493 e. The number of methoxy groups -OCH3 is 1. The quantitative estimate of drug-likeness (QED) is 0.731. The summed E-state index contributed by atoms with van der Waals surface area (Å²) in [6.45, 7) is 3.03. The van der Waals surface area contributed by atoms with E-state index in [1.54, 1.807) is 14.0 Å². The van der Waals surface area contributed by atoms with Gasteiger partial charge in [-0.3, -0.25) is 0 Å². The van der Waals surface area contributed by atoms with Crippen LogP contribution in [0.3, 0.4) is 0 Å². The van der Waals surface area contributed by atoms with Gasteiger partial charge >= 0.3 is 0 Å². The highest BCUT2D eigenvalue weighted by Crippen LogP contribution is 2.24. The Kier molecular flexibility index (Phi) is 5.15. The molecule has 0 aromatic heterocycles. The zero-order valence-electron chi connectivity index (χ0n) is 9.27. The van der Waals surface area contributed by atoms with E-state index in [1.807, 2.05) is 24.3 Å². The van der Waals surface area contributed by atoms with Crippen molar-refractivity contribution in [1.29, 1.82) is 0 Å². The molecule has 0 saturated heterocycles. The third-order valence-corrected chi connectivity index (χ3v) is 2.12. The molecule has 84 valence electrons. The van der Waals surface area contributed by atoms with Gasteiger partial charge in [0, 0.05) is 25.7 Å². The molecule has 3 heteroatoms. The highest BCUT2D eigenvalue weighted by atomic mass is 16.5. The number of para-hydroxylation sites is 1. The maximum absolute atomic E-state index is 9.50. The van der Waals surface area contributed by atoms with Crippen LogP contribution in [0.15, 0.2) is 24.3 Å². The summed E-state index contributed by atoms with van der Waals surface area (Å²) in [5.41, 5.74) is 0.829. The Morgan fingerprint density at radius 1 is 1.27 bits per heavy atom. The molecular weight excluding hydrogens is 192 g/mol. The van der Waals surface area contributed by atoms with Crippen LogP contribution in [-0.4, -0.2) is 25.4 Å². The molecule has 0 saturated carbocycles. The van der Waals surface area contributed by atoms with Gasteiger partial charge in [0.15, 0.2) is 0 Å². The first-order valence-corrected chi connectivity index (χ1v) is 5.14. The molecule has 15 heavy (non-hydrogen) atoms. The van der Waals surface area contributed by atoms with Crippen LogP contribution >= 0.6 is 0 Å². The number of aliphatic hydroxyl groups excluding tert-OH is 1. The van der Waals surface area contributed by atoms with Crippen LogP contribution in [0.5, 0.6) is 5.75 Å². The van der Waals surface area contributed by atoms with Gasteiger partial charge in [0.1, 0.15) is 5.75 Å². The second-order valence-corrected chi connectivity index (χ2v) is 3.41. The molecular formula is C12H18O3. The summed E-state index contributed by atoms with van der Waals surface area (Å²) in [5.74, 6) is 0.753. The van der Waals surface area contributed by atoms with Gasteiger partial charge in [0.25, 0.3) is 0 Å². The maximum atomic E-state index is 9.50. The molecule has 3 nitrogen and oxygen atoms in total. The van der Waals surface area contributed by atoms with Crippen molar-refractivity contribution in [2.45, 2.75) is 19.4 Å². The lowest BCUT2D eigenvalue weighted by Crippen LogP contribution is -2.04. The van der Waals surface area contributed by atoms with Gasteiger partial charge in [0.2, 0.25) is 0 Å². The Hall–Kier alpha value is -1.06. The predicted molar refractivity (Wildman–Crippen MR) is 59.1 cm³/mol. The molecule has 0 spiro atoms. The predicted octanol–water partition coefficient (Wildman–Crippen LogP) is 2.16. The van der Waals surface area contributed by atoms with Crippen molar-refractivity contribution in [1.82, 2.24) is 0 Å². The summed E-state index contributed by atoms with van der Waals surface area (Å²) in [6.07, 6.45) is 0.355. The first-order valence-electron chi connectivity index (χ1n) is 5.14. The van der Waals surface area contributed by atoms with Gasteiger partial charge in [-0.05, 0) is 13.0 Å². The second kappa shape index (κ2) is 6.43. The molecule has 0 aliphatic heterocycles. The monoisotopic (exact) mass is 210 g/mol. The van der Waals surface area contributed by atoms with Crippen LogP contribution in [-0.2, 0) is 4.74 Å². The van der Waals surface area contributed by atoms with Crippen molar-refractivity contribution in [2.24, 2.45) is 0 Å². The Bertz CT molecular complexity index is 284. The van der Waals surface area contributed by atoms with E-state index in [9.17, 15) is 5.11 Å². The standard InChI is InChI=1S/C12H18O3/c1-10(13)11-6-3-4-7-12(11)15-9-5-8-14-2/h3-4,6-7,10,13H,5,8-9H2,1-2H3/t10-/m0/s1. The number of ether oxygens (including phenoxy) is 2. The lowest BCUT2D eigenvalue weighted by molar-refractivity contribution is 0.166. The summed E-state index contributed by atoms with van der Waals surface area (Å²) in [6, 6.07) is 7.53. The molecule has 0 aliphatic carbocycles. The first-order chi connectivity index (χ1) is 7.25. The van der Waals surface area contributed by atoms with Gasteiger partial charge in [0.05, 0.1) is 12.7 Å². The number of benzene rings is 1. The Balaban J connectivity index is 2.52. The number of aliphatic hydroxyl groups is 1. The molecule has 0 amide bonds. The van der Waals surface area contributed by atoms with E-state index in [0.717, 1.165) is 17.7 Å². The highest BCUT2D eigenvalue weighted by Gasteiger charge is 2.07. The lowest BCUT2D eigenvalue weighted by atomic mass is 10.1. The van der Waals surface area contributed by atoms with E-state index < -0.39 is 6.10 Å². The molecule has 0 aliphatic rings. The Morgan fingerprint density at radius 2 is 2.00 bits per heavy atom. The van der Waals surface area contributed by atoms with E-state index >= 15 is 0 Å². The summed E-state index contributed by atoms with van der Waals surface area (Å²) in [5, 5.41) is 9.50. The van der Waals surface area contributed by atoms with E-state index in [2.05, 4.69) is 0 Å². The van der Waals surface area contributed by atoms with Crippen LogP contribution in [0.2, 0.25) is 0 Å². The molecule has 0 heterocycles. The third-order valence-electron chi connectivity index (χ3n) is 2.12. The SMILES string of the molecule is COCCCOc1ccccc1[C@H](C)O. The van der Waals surface area contributed by atoms with Gasteiger partial charge in [-0.1, -0.05) is 18.2 Å². The Morgan fingerprint density at radius 3 is 2.67 bits per heavy atom. The van der Waals surface area contributed by atoms with E-state index in [-0.39, 0.29) is 0 Å². The number of rotatable bonds is 6. The smallest absolute Gasteiger partial charge is 0.125 e. The fourth-order valence-corrected chi connectivity index (χ4v) is 1.34. The average Bonchev–Trinajstić information content (AvgIpc) is 2.25.